The molecule has 32 heavy (non-hydrogen) atoms. The second-order valence-electron chi connectivity index (χ2n) is 8.81. The van der Waals surface area contributed by atoms with Crippen molar-refractivity contribution in [3.05, 3.63) is 64.8 Å². The van der Waals surface area contributed by atoms with Crippen LogP contribution in [0.1, 0.15) is 65.3 Å². The van der Waals surface area contributed by atoms with Crippen LogP contribution in [0.2, 0.25) is 0 Å². The van der Waals surface area contributed by atoms with Crippen LogP contribution in [0, 0.1) is 6.92 Å². The second kappa shape index (κ2) is 8.60. The van der Waals surface area contributed by atoms with Gasteiger partial charge in [0.2, 0.25) is 0 Å². The maximum absolute atomic E-state index is 11.4. The smallest absolute Gasteiger partial charge is 0.335 e. The molecular weight excluding hydrogens is 404 g/mol. The molecule has 1 fully saturated rings. The Morgan fingerprint density at radius 2 is 2.03 bits per heavy atom. The number of ether oxygens (including phenoxy) is 2. The second-order valence-corrected chi connectivity index (χ2v) is 8.81. The highest BCUT2D eigenvalue weighted by Gasteiger charge is 2.38. The number of aromatic carboxylic acids is 1. The first-order valence-electron chi connectivity index (χ1n) is 11.5. The summed E-state index contributed by atoms with van der Waals surface area (Å²) in [6.45, 7) is 6.50. The Labute approximate surface area is 188 Å². The highest BCUT2D eigenvalue weighted by atomic mass is 16.5. The molecule has 1 saturated heterocycles. The number of hydrogen-bond donors (Lipinski definition) is 2. The molecule has 6 nitrogen and oxygen atoms in total. The summed E-state index contributed by atoms with van der Waals surface area (Å²) < 4.78 is 12.1. The van der Waals surface area contributed by atoms with Crippen molar-refractivity contribution in [3.8, 4) is 5.75 Å². The zero-order valence-electron chi connectivity index (χ0n) is 18.6. The number of likely N-dealkylation sites (tertiary alicyclic amines) is 1. The largest absolute Gasteiger partial charge is 0.493 e. The first-order chi connectivity index (χ1) is 15.6. The maximum atomic E-state index is 11.4. The average molecular weight is 435 g/mol. The van der Waals surface area contributed by atoms with Crippen molar-refractivity contribution >= 4 is 16.9 Å². The number of carboxylic acid groups (broad SMARTS) is 1. The minimum atomic E-state index is -0.896. The number of carboxylic acids is 1. The molecule has 168 valence electrons. The third-order valence-electron chi connectivity index (χ3n) is 6.97. The van der Waals surface area contributed by atoms with Gasteiger partial charge in [-0.05, 0) is 62.1 Å². The van der Waals surface area contributed by atoms with Crippen molar-refractivity contribution in [3.63, 3.8) is 0 Å². The lowest BCUT2D eigenvalue weighted by molar-refractivity contribution is -0.0311. The first kappa shape index (κ1) is 21.0. The summed E-state index contributed by atoms with van der Waals surface area (Å²) in [6.07, 6.45) is 5.04. The van der Waals surface area contributed by atoms with E-state index in [4.69, 9.17) is 9.47 Å². The third-order valence-corrected chi connectivity index (χ3v) is 6.97. The lowest BCUT2D eigenvalue weighted by atomic mass is 9.86. The van der Waals surface area contributed by atoms with E-state index in [0.29, 0.717) is 18.8 Å². The number of carbonyl (C=O) groups is 1. The molecule has 3 heterocycles. The number of H-pyrrole nitrogens is 1. The molecule has 1 unspecified atom stereocenters. The van der Waals surface area contributed by atoms with Gasteiger partial charge in [0.05, 0.1) is 18.3 Å². The standard InChI is InChI=1S/C26H30N2O4/c1-3-31-19-9-12-28(22(15-19)17-4-6-18(7-5-17)26(29)30)21-10-13-32-23-14-16(2)25-20(24(21)23)8-11-27-25/h4-8,11,14,19,21-22,27H,3,9-10,12-13,15H2,1-2H3,(H,29,30)/t19-,21?,22-/m0/s1. The minimum absolute atomic E-state index is 0.161. The van der Waals surface area contributed by atoms with Crippen molar-refractivity contribution in [2.24, 2.45) is 0 Å². The zero-order chi connectivity index (χ0) is 22.2. The van der Waals surface area contributed by atoms with Gasteiger partial charge in [0, 0.05) is 54.3 Å². The van der Waals surface area contributed by atoms with Crippen LogP contribution in [0.5, 0.6) is 5.75 Å². The van der Waals surface area contributed by atoms with Crippen molar-refractivity contribution in [1.29, 1.82) is 0 Å². The summed E-state index contributed by atoms with van der Waals surface area (Å²) in [4.78, 5) is 17.3. The normalized spacial score (nSPS) is 23.6. The van der Waals surface area contributed by atoms with Gasteiger partial charge in [-0.1, -0.05) is 12.1 Å². The molecule has 0 amide bonds. The number of nitrogens with zero attached hydrogens (tertiary/aromatic N) is 1. The molecule has 2 aliphatic rings. The molecule has 0 radical (unpaired) electrons. The van der Waals surface area contributed by atoms with Crippen molar-refractivity contribution in [2.45, 2.75) is 51.3 Å². The number of piperidine rings is 1. The van der Waals surface area contributed by atoms with Crippen LogP contribution in [-0.2, 0) is 4.74 Å². The highest BCUT2D eigenvalue weighted by Crippen LogP contribution is 2.47. The predicted octanol–water partition coefficient (Wildman–Crippen LogP) is 5.24. The molecule has 1 aromatic heterocycles. The van der Waals surface area contributed by atoms with Gasteiger partial charge in [-0.2, -0.15) is 0 Å². The summed E-state index contributed by atoms with van der Waals surface area (Å²) in [6, 6.07) is 12.1. The number of benzene rings is 2. The van der Waals surface area contributed by atoms with E-state index in [9.17, 15) is 9.90 Å². The van der Waals surface area contributed by atoms with Gasteiger partial charge < -0.3 is 19.6 Å². The zero-order valence-corrected chi connectivity index (χ0v) is 18.6. The Morgan fingerprint density at radius 1 is 1.22 bits per heavy atom. The van der Waals surface area contributed by atoms with Gasteiger partial charge in [-0.15, -0.1) is 0 Å². The molecule has 0 spiro atoms. The Hall–Kier alpha value is -2.83. The van der Waals surface area contributed by atoms with Gasteiger partial charge in [-0.3, -0.25) is 4.90 Å². The van der Waals surface area contributed by atoms with Gasteiger partial charge in [-0.25, -0.2) is 4.79 Å². The van der Waals surface area contributed by atoms with E-state index in [1.807, 2.05) is 25.3 Å². The van der Waals surface area contributed by atoms with Crippen LogP contribution in [-0.4, -0.2) is 46.8 Å². The topological polar surface area (TPSA) is 74.8 Å². The minimum Gasteiger partial charge on any atom is -0.493 e. The molecule has 0 aliphatic carbocycles. The Bertz CT molecular complexity index is 1120. The SMILES string of the molecule is CCO[C@H]1CCN(C2CCOc3cc(C)c4[nH]ccc4c32)[C@H](c2ccc(C(=O)O)cc2)C1. The quantitative estimate of drug-likeness (QED) is 0.574. The summed E-state index contributed by atoms with van der Waals surface area (Å²) >= 11 is 0. The molecule has 5 rings (SSSR count). The first-order valence-corrected chi connectivity index (χ1v) is 11.5. The molecular formula is C26H30N2O4. The number of hydrogen-bond acceptors (Lipinski definition) is 4. The van der Waals surface area contributed by atoms with Gasteiger partial charge in [0.25, 0.3) is 0 Å². The number of nitrogens with one attached hydrogen (secondary N) is 1. The lowest BCUT2D eigenvalue weighted by Crippen LogP contribution is -2.43. The summed E-state index contributed by atoms with van der Waals surface area (Å²) in [5.74, 6) is 0.0885. The lowest BCUT2D eigenvalue weighted by Gasteiger charge is -2.45. The monoisotopic (exact) mass is 434 g/mol. The predicted molar refractivity (Wildman–Crippen MR) is 123 cm³/mol. The molecule has 3 atom stereocenters. The molecule has 2 aromatic carbocycles. The summed E-state index contributed by atoms with van der Waals surface area (Å²) in [5, 5.41) is 10.6. The van der Waals surface area contributed by atoms with E-state index in [0.717, 1.165) is 37.1 Å². The summed E-state index contributed by atoms with van der Waals surface area (Å²) in [5.41, 5.74) is 5.09. The number of aromatic nitrogens is 1. The molecule has 0 saturated carbocycles. The number of aromatic amines is 1. The van der Waals surface area contributed by atoms with Crippen LogP contribution in [0.25, 0.3) is 10.9 Å². The van der Waals surface area contributed by atoms with E-state index in [1.165, 1.54) is 22.0 Å². The molecule has 6 heteroatoms. The molecule has 2 N–H and O–H groups in total. The molecule has 0 bridgehead atoms. The molecule has 2 aliphatic heterocycles. The number of rotatable bonds is 5. The van der Waals surface area contributed by atoms with E-state index in [1.54, 1.807) is 12.1 Å². The number of fused-ring (bicyclic) bond motifs is 3. The van der Waals surface area contributed by atoms with Crippen LogP contribution < -0.4 is 4.74 Å². The average Bonchev–Trinajstić information content (AvgIpc) is 3.30. The van der Waals surface area contributed by atoms with Gasteiger partial charge >= 0.3 is 5.97 Å². The van der Waals surface area contributed by atoms with E-state index >= 15 is 0 Å². The number of aryl methyl sites for hydroxylation is 1. The van der Waals surface area contributed by atoms with Crippen molar-refractivity contribution < 1.29 is 19.4 Å². The van der Waals surface area contributed by atoms with Crippen molar-refractivity contribution in [2.75, 3.05) is 19.8 Å². The van der Waals surface area contributed by atoms with E-state index < -0.39 is 5.97 Å². The van der Waals surface area contributed by atoms with Crippen LogP contribution in [0.4, 0.5) is 0 Å². The van der Waals surface area contributed by atoms with Crippen LogP contribution in [0.3, 0.4) is 0 Å². The fourth-order valence-electron chi connectivity index (χ4n) is 5.51. The highest BCUT2D eigenvalue weighted by molar-refractivity contribution is 5.89. The fraction of sp³-hybridized carbons (Fsp3) is 0.423. The third kappa shape index (κ3) is 3.67. The maximum Gasteiger partial charge on any atom is 0.335 e. The molecule has 3 aromatic rings. The Balaban J connectivity index is 1.55. The Kier molecular flexibility index (Phi) is 5.66. The fourth-order valence-corrected chi connectivity index (χ4v) is 5.51. The van der Waals surface area contributed by atoms with Crippen LogP contribution >= 0.6 is 0 Å². The van der Waals surface area contributed by atoms with Gasteiger partial charge in [0.15, 0.2) is 0 Å². The van der Waals surface area contributed by atoms with E-state index in [2.05, 4.69) is 28.9 Å². The summed E-state index contributed by atoms with van der Waals surface area (Å²) in [7, 11) is 0. The van der Waals surface area contributed by atoms with E-state index in [-0.39, 0.29) is 18.2 Å². The van der Waals surface area contributed by atoms with Crippen LogP contribution in [0.15, 0.2) is 42.6 Å². The van der Waals surface area contributed by atoms with Crippen molar-refractivity contribution in [1.82, 2.24) is 9.88 Å². The van der Waals surface area contributed by atoms with Gasteiger partial charge in [0.1, 0.15) is 5.75 Å². The Morgan fingerprint density at radius 3 is 2.78 bits per heavy atom.